The van der Waals surface area contributed by atoms with E-state index in [9.17, 15) is 14.9 Å². The molecule has 7 nitrogen and oxygen atoms in total. The van der Waals surface area contributed by atoms with Gasteiger partial charge in [0.1, 0.15) is 17.4 Å². The maximum absolute atomic E-state index is 12.0. The summed E-state index contributed by atoms with van der Waals surface area (Å²) >= 11 is 5.94. The predicted molar refractivity (Wildman–Crippen MR) is 82.3 cm³/mol. The van der Waals surface area contributed by atoms with E-state index in [2.05, 4.69) is 5.32 Å². The van der Waals surface area contributed by atoms with Gasteiger partial charge in [-0.05, 0) is 24.3 Å². The van der Waals surface area contributed by atoms with E-state index < -0.39 is 10.8 Å². The van der Waals surface area contributed by atoms with Crippen molar-refractivity contribution in [2.24, 2.45) is 0 Å². The summed E-state index contributed by atoms with van der Waals surface area (Å²) < 4.78 is 5.06. The number of hydrogen-bond acceptors (Lipinski definition) is 5. The third-order valence-corrected chi connectivity index (χ3v) is 3.20. The highest BCUT2D eigenvalue weighted by atomic mass is 35.5. The van der Waals surface area contributed by atoms with Gasteiger partial charge in [-0.15, -0.1) is 0 Å². The normalized spacial score (nSPS) is 10.9. The van der Waals surface area contributed by atoms with Crippen LogP contribution in [0.5, 0.6) is 0 Å². The smallest absolute Gasteiger partial charge is 0.270 e. The van der Waals surface area contributed by atoms with E-state index in [1.807, 2.05) is 0 Å². The average molecular weight is 332 g/mol. The molecule has 0 spiro atoms. The number of nitrogens with one attached hydrogen (secondary N) is 1. The predicted octanol–water partition coefficient (Wildman–Crippen LogP) is 3.06. The lowest BCUT2D eigenvalue weighted by Gasteiger charge is -2.03. The molecular formula is C15H10ClN3O4. The molecule has 0 aliphatic carbocycles. The van der Waals surface area contributed by atoms with E-state index in [-0.39, 0.29) is 28.4 Å². The minimum atomic E-state index is -0.633. The molecule has 2 rings (SSSR count). The summed E-state index contributed by atoms with van der Waals surface area (Å²) in [5.41, 5.74) is -0.196. The number of amides is 1. The molecule has 0 fully saturated rings. The molecule has 1 heterocycles. The molecule has 0 aliphatic heterocycles. The second-order valence-electron chi connectivity index (χ2n) is 4.39. The Morgan fingerprint density at radius 3 is 2.87 bits per heavy atom. The van der Waals surface area contributed by atoms with Crippen molar-refractivity contribution in [3.63, 3.8) is 0 Å². The highest BCUT2D eigenvalue weighted by molar-refractivity contribution is 6.32. The minimum absolute atomic E-state index is 0.119. The average Bonchev–Trinajstić information content (AvgIpc) is 3.05. The zero-order chi connectivity index (χ0) is 16.8. The number of halogens is 1. The Kier molecular flexibility index (Phi) is 5.12. The summed E-state index contributed by atoms with van der Waals surface area (Å²) in [6.45, 7) is 0.119. The summed E-state index contributed by atoms with van der Waals surface area (Å²) in [5, 5.41) is 22.6. The van der Waals surface area contributed by atoms with Gasteiger partial charge in [0.2, 0.25) is 0 Å². The fourth-order valence-corrected chi connectivity index (χ4v) is 1.91. The molecule has 0 saturated heterocycles. The van der Waals surface area contributed by atoms with E-state index in [0.717, 1.165) is 0 Å². The fourth-order valence-electron chi connectivity index (χ4n) is 1.74. The van der Waals surface area contributed by atoms with Gasteiger partial charge in [0.15, 0.2) is 0 Å². The van der Waals surface area contributed by atoms with Crippen molar-refractivity contribution in [2.45, 2.75) is 6.54 Å². The molecule has 1 aromatic heterocycles. The number of rotatable bonds is 5. The number of carbonyl (C=O) groups is 1. The molecule has 116 valence electrons. The standard InChI is InChI=1S/C15H10ClN3O4/c16-14-4-3-12(19(21)22)7-10(14)6-11(8-17)15(20)18-9-13-2-1-5-23-13/h1-7H,9H2,(H,18,20)/b11-6+. The molecule has 0 atom stereocenters. The number of non-ortho nitro benzene ring substituents is 1. The van der Waals surface area contributed by atoms with Crippen LogP contribution in [0.15, 0.2) is 46.6 Å². The zero-order valence-corrected chi connectivity index (χ0v) is 12.4. The first kappa shape index (κ1) is 16.3. The Labute approximate surface area is 135 Å². The molecule has 2 aromatic rings. The van der Waals surface area contributed by atoms with Gasteiger partial charge in [-0.1, -0.05) is 11.6 Å². The Morgan fingerprint density at radius 1 is 1.48 bits per heavy atom. The number of benzene rings is 1. The van der Waals surface area contributed by atoms with Crippen LogP contribution in [-0.4, -0.2) is 10.8 Å². The minimum Gasteiger partial charge on any atom is -0.467 e. The van der Waals surface area contributed by atoms with Crippen LogP contribution < -0.4 is 5.32 Å². The SMILES string of the molecule is N#C/C(=C\c1cc([N+](=O)[O-])ccc1Cl)C(=O)NCc1ccco1. The Morgan fingerprint density at radius 2 is 2.26 bits per heavy atom. The van der Waals surface area contributed by atoms with E-state index in [1.54, 1.807) is 18.2 Å². The number of nitriles is 1. The molecule has 1 amide bonds. The largest absolute Gasteiger partial charge is 0.467 e. The third-order valence-electron chi connectivity index (χ3n) is 2.86. The molecule has 8 heteroatoms. The number of nitro groups is 1. The van der Waals surface area contributed by atoms with Crippen molar-refractivity contribution in [3.05, 3.63) is 68.6 Å². The topological polar surface area (TPSA) is 109 Å². The summed E-state index contributed by atoms with van der Waals surface area (Å²) in [6, 6.07) is 8.86. The number of hydrogen-bond donors (Lipinski definition) is 1. The van der Waals surface area contributed by atoms with Gasteiger partial charge in [-0.3, -0.25) is 14.9 Å². The van der Waals surface area contributed by atoms with E-state index >= 15 is 0 Å². The van der Waals surface area contributed by atoms with E-state index in [4.69, 9.17) is 21.3 Å². The van der Waals surface area contributed by atoms with Crippen LogP contribution in [0.2, 0.25) is 5.02 Å². The van der Waals surface area contributed by atoms with E-state index in [0.29, 0.717) is 5.76 Å². The van der Waals surface area contributed by atoms with Gasteiger partial charge in [0.25, 0.3) is 11.6 Å². The van der Waals surface area contributed by atoms with Crippen LogP contribution in [0.3, 0.4) is 0 Å². The lowest BCUT2D eigenvalue weighted by molar-refractivity contribution is -0.384. The van der Waals surface area contributed by atoms with Gasteiger partial charge in [0.05, 0.1) is 17.7 Å². The second-order valence-corrected chi connectivity index (χ2v) is 4.80. The fraction of sp³-hybridized carbons (Fsp3) is 0.0667. The van der Waals surface area contributed by atoms with Crippen molar-refractivity contribution in [1.82, 2.24) is 5.32 Å². The molecule has 1 N–H and O–H groups in total. The summed E-state index contributed by atoms with van der Waals surface area (Å²) in [4.78, 5) is 22.2. The summed E-state index contributed by atoms with van der Waals surface area (Å²) in [5.74, 6) is -0.101. The van der Waals surface area contributed by atoms with Crippen molar-refractivity contribution in [2.75, 3.05) is 0 Å². The van der Waals surface area contributed by atoms with Crippen molar-refractivity contribution in [1.29, 1.82) is 5.26 Å². The Bertz CT molecular complexity index is 807. The summed E-state index contributed by atoms with van der Waals surface area (Å²) in [6.07, 6.45) is 2.66. The van der Waals surface area contributed by atoms with Crippen LogP contribution in [0.1, 0.15) is 11.3 Å². The number of carbonyl (C=O) groups excluding carboxylic acids is 1. The monoisotopic (exact) mass is 331 g/mol. The van der Waals surface area contributed by atoms with Crippen LogP contribution in [0.25, 0.3) is 6.08 Å². The van der Waals surface area contributed by atoms with Gasteiger partial charge < -0.3 is 9.73 Å². The van der Waals surface area contributed by atoms with Gasteiger partial charge >= 0.3 is 0 Å². The van der Waals surface area contributed by atoms with Gasteiger partial charge in [-0.25, -0.2) is 0 Å². The molecule has 0 bridgehead atoms. The quantitative estimate of drug-likeness (QED) is 0.392. The lowest BCUT2D eigenvalue weighted by atomic mass is 10.1. The zero-order valence-electron chi connectivity index (χ0n) is 11.7. The molecule has 0 saturated carbocycles. The number of nitrogens with zero attached hydrogens (tertiary/aromatic N) is 2. The van der Waals surface area contributed by atoms with E-state index in [1.165, 1.54) is 30.5 Å². The Balaban J connectivity index is 2.21. The molecule has 0 radical (unpaired) electrons. The maximum atomic E-state index is 12.0. The maximum Gasteiger partial charge on any atom is 0.270 e. The van der Waals surface area contributed by atoms with Crippen LogP contribution in [0.4, 0.5) is 5.69 Å². The van der Waals surface area contributed by atoms with Crippen LogP contribution in [-0.2, 0) is 11.3 Å². The molecule has 0 unspecified atom stereocenters. The van der Waals surface area contributed by atoms with Crippen LogP contribution >= 0.6 is 11.6 Å². The second kappa shape index (κ2) is 7.24. The van der Waals surface area contributed by atoms with Crippen LogP contribution in [0, 0.1) is 21.4 Å². The summed E-state index contributed by atoms with van der Waals surface area (Å²) in [7, 11) is 0. The first-order valence-electron chi connectivity index (χ1n) is 6.37. The molecular weight excluding hydrogens is 322 g/mol. The van der Waals surface area contributed by atoms with Gasteiger partial charge in [0, 0.05) is 22.7 Å². The molecule has 0 aliphatic rings. The van der Waals surface area contributed by atoms with Crippen molar-refractivity contribution < 1.29 is 14.1 Å². The molecule has 1 aromatic carbocycles. The first-order valence-corrected chi connectivity index (χ1v) is 6.75. The van der Waals surface area contributed by atoms with Crippen molar-refractivity contribution >= 4 is 29.3 Å². The van der Waals surface area contributed by atoms with Gasteiger partial charge in [-0.2, -0.15) is 5.26 Å². The highest BCUT2D eigenvalue weighted by Gasteiger charge is 2.13. The number of furan rings is 1. The third kappa shape index (κ3) is 4.18. The lowest BCUT2D eigenvalue weighted by Crippen LogP contribution is -2.23. The van der Waals surface area contributed by atoms with Crippen molar-refractivity contribution in [3.8, 4) is 6.07 Å². The number of nitro benzene ring substituents is 1. The first-order chi connectivity index (χ1) is 11.0. The molecule has 23 heavy (non-hydrogen) atoms. The highest BCUT2D eigenvalue weighted by Crippen LogP contribution is 2.24. The Hall–Kier alpha value is -3.11.